The number of sulfonamides is 1. The zero-order chi connectivity index (χ0) is 26.7. The number of aromatic nitrogens is 2. The van der Waals surface area contributed by atoms with Crippen molar-refractivity contribution in [2.75, 3.05) is 26.3 Å². The Morgan fingerprint density at radius 3 is 2.54 bits per heavy atom. The highest BCUT2D eigenvalue weighted by atomic mass is 32.2. The minimum absolute atomic E-state index is 0.119. The van der Waals surface area contributed by atoms with Crippen LogP contribution >= 0.6 is 11.8 Å². The number of ether oxygens (including phenoxy) is 1. The summed E-state index contributed by atoms with van der Waals surface area (Å²) < 4.78 is 91.0. The molecule has 3 aromatic rings. The molecule has 0 saturated carbocycles. The quantitative estimate of drug-likeness (QED) is 0.137. The van der Waals surface area contributed by atoms with Gasteiger partial charge in [-0.15, -0.1) is 0 Å². The summed E-state index contributed by atoms with van der Waals surface area (Å²) in [6.07, 6.45) is 2.38. The van der Waals surface area contributed by atoms with Crippen LogP contribution in [0.1, 0.15) is 38.7 Å². The molecule has 1 aliphatic heterocycles. The third kappa shape index (κ3) is 5.97. The average molecular weight is 560 g/mol. The van der Waals surface area contributed by atoms with E-state index in [4.69, 9.17) is 4.74 Å². The molecule has 1 unspecified atom stereocenters. The Morgan fingerprint density at radius 2 is 1.86 bits per heavy atom. The molecule has 0 spiro atoms. The number of halogens is 4. The normalized spacial score (nSPS) is 17.1. The van der Waals surface area contributed by atoms with E-state index in [1.165, 1.54) is 16.4 Å². The standard InChI is InChI=1S/C25H29F4N3O3S2/c1-3-35-11-5-10-32-22-8-7-17(37(33,34)31-9-4-6-16(2)14-31)12-21(22)30-25(32)36-15-18-23(28)19(26)13-20(27)24(18)29/h7-8,12-13,16H,3-6,9-11,14-15H2,1-2H3. The molecule has 0 N–H and O–H groups in total. The fraction of sp³-hybridized carbons (Fsp3) is 0.480. The van der Waals surface area contributed by atoms with Crippen LogP contribution < -0.4 is 0 Å². The number of thioether (sulfide) groups is 1. The fourth-order valence-corrected chi connectivity index (χ4v) is 7.10. The van der Waals surface area contributed by atoms with Crippen molar-refractivity contribution in [2.45, 2.75) is 55.5 Å². The van der Waals surface area contributed by atoms with Gasteiger partial charge in [-0.1, -0.05) is 18.7 Å². The molecule has 12 heteroatoms. The van der Waals surface area contributed by atoms with Gasteiger partial charge in [0.25, 0.3) is 0 Å². The third-order valence-corrected chi connectivity index (χ3v) is 9.23. The molecule has 37 heavy (non-hydrogen) atoms. The number of hydrogen-bond acceptors (Lipinski definition) is 5. The predicted octanol–water partition coefficient (Wildman–Crippen LogP) is 5.73. The average Bonchev–Trinajstić information content (AvgIpc) is 3.22. The monoisotopic (exact) mass is 559 g/mol. The van der Waals surface area contributed by atoms with Crippen LogP contribution in [0.25, 0.3) is 11.0 Å². The van der Waals surface area contributed by atoms with Crippen LogP contribution in [0.2, 0.25) is 0 Å². The molecule has 1 aromatic heterocycles. The first-order valence-electron chi connectivity index (χ1n) is 12.2. The maximum Gasteiger partial charge on any atom is 0.243 e. The first-order valence-corrected chi connectivity index (χ1v) is 14.6. The molecule has 2 heterocycles. The van der Waals surface area contributed by atoms with E-state index in [0.29, 0.717) is 55.5 Å². The number of nitrogens with zero attached hydrogens (tertiary/aromatic N) is 3. The van der Waals surface area contributed by atoms with Crippen molar-refractivity contribution in [3.63, 3.8) is 0 Å². The summed E-state index contributed by atoms with van der Waals surface area (Å²) in [4.78, 5) is 4.65. The van der Waals surface area contributed by atoms with E-state index in [0.717, 1.165) is 24.6 Å². The lowest BCUT2D eigenvalue weighted by Gasteiger charge is -2.30. The van der Waals surface area contributed by atoms with E-state index in [9.17, 15) is 26.0 Å². The first-order chi connectivity index (χ1) is 17.6. The summed E-state index contributed by atoms with van der Waals surface area (Å²) in [6.45, 7) is 6.27. The Hall–Kier alpha value is -2.15. The van der Waals surface area contributed by atoms with E-state index >= 15 is 0 Å². The summed E-state index contributed by atoms with van der Waals surface area (Å²) in [5, 5.41) is 0.344. The molecule has 0 bridgehead atoms. The molecule has 2 aromatic carbocycles. The molecule has 6 nitrogen and oxygen atoms in total. The number of fused-ring (bicyclic) bond motifs is 1. The van der Waals surface area contributed by atoms with Gasteiger partial charge in [0, 0.05) is 50.2 Å². The molecule has 4 rings (SSSR count). The van der Waals surface area contributed by atoms with Crippen molar-refractivity contribution in [1.29, 1.82) is 0 Å². The molecule has 1 aliphatic rings. The van der Waals surface area contributed by atoms with Crippen LogP contribution in [0.15, 0.2) is 34.3 Å². The van der Waals surface area contributed by atoms with Crippen molar-refractivity contribution < 1.29 is 30.7 Å². The lowest BCUT2D eigenvalue weighted by Crippen LogP contribution is -2.39. The SMILES string of the molecule is CCOCCCn1c(SCc2c(F)c(F)cc(F)c2F)nc2cc(S(=O)(=O)N3CCCC(C)C3)ccc21. The minimum atomic E-state index is -3.72. The van der Waals surface area contributed by atoms with Gasteiger partial charge in [-0.3, -0.25) is 0 Å². The number of piperidine rings is 1. The van der Waals surface area contributed by atoms with Crippen molar-refractivity contribution in [3.8, 4) is 0 Å². The maximum atomic E-state index is 14.2. The maximum absolute atomic E-state index is 14.2. The van der Waals surface area contributed by atoms with Crippen molar-refractivity contribution in [1.82, 2.24) is 13.9 Å². The second kappa shape index (κ2) is 11.7. The number of aryl methyl sites for hydroxylation is 1. The van der Waals surface area contributed by atoms with Crippen molar-refractivity contribution >= 4 is 32.8 Å². The summed E-state index contributed by atoms with van der Waals surface area (Å²) in [7, 11) is -3.72. The summed E-state index contributed by atoms with van der Waals surface area (Å²) in [5.74, 6) is -5.97. The van der Waals surface area contributed by atoms with E-state index < -0.39 is 44.6 Å². The Labute approximate surface area is 218 Å². The fourth-order valence-electron chi connectivity index (χ4n) is 4.44. The van der Waals surface area contributed by atoms with E-state index in [1.807, 2.05) is 13.8 Å². The number of hydrogen-bond donors (Lipinski definition) is 0. The predicted molar refractivity (Wildman–Crippen MR) is 134 cm³/mol. The Kier molecular flexibility index (Phi) is 8.82. The van der Waals surface area contributed by atoms with Crippen LogP contribution in [-0.4, -0.2) is 48.6 Å². The first kappa shape index (κ1) is 27.9. The highest BCUT2D eigenvalue weighted by Gasteiger charge is 2.29. The molecule has 0 amide bonds. The molecule has 0 radical (unpaired) electrons. The molecule has 202 valence electrons. The highest BCUT2D eigenvalue weighted by Crippen LogP contribution is 2.32. The molecule has 1 fully saturated rings. The Bertz CT molecular complexity index is 1360. The van der Waals surface area contributed by atoms with Gasteiger partial charge in [-0.25, -0.2) is 31.0 Å². The number of imidazole rings is 1. The smallest absolute Gasteiger partial charge is 0.243 e. The number of benzene rings is 2. The van der Waals surface area contributed by atoms with E-state index in [2.05, 4.69) is 4.98 Å². The van der Waals surface area contributed by atoms with Gasteiger partial charge in [-0.05, 0) is 50.3 Å². The zero-order valence-corrected chi connectivity index (χ0v) is 22.3. The molecule has 1 atom stereocenters. The molecule has 0 aliphatic carbocycles. The van der Waals surface area contributed by atoms with Gasteiger partial charge in [-0.2, -0.15) is 4.31 Å². The largest absolute Gasteiger partial charge is 0.382 e. The van der Waals surface area contributed by atoms with Gasteiger partial charge in [0.15, 0.2) is 28.4 Å². The summed E-state index contributed by atoms with van der Waals surface area (Å²) in [5.41, 5.74) is 0.311. The third-order valence-electron chi connectivity index (χ3n) is 6.37. The minimum Gasteiger partial charge on any atom is -0.382 e. The van der Waals surface area contributed by atoms with Crippen molar-refractivity contribution in [2.24, 2.45) is 5.92 Å². The molecular weight excluding hydrogens is 530 g/mol. The van der Waals surface area contributed by atoms with Crippen LogP contribution in [0.4, 0.5) is 17.6 Å². The van der Waals surface area contributed by atoms with E-state index in [-0.39, 0.29) is 16.9 Å². The van der Waals surface area contributed by atoms with Crippen LogP contribution in [0.5, 0.6) is 0 Å². The molecule has 1 saturated heterocycles. The van der Waals surface area contributed by atoms with Crippen LogP contribution in [0.3, 0.4) is 0 Å². The Balaban J connectivity index is 1.67. The topological polar surface area (TPSA) is 64.4 Å². The van der Waals surface area contributed by atoms with Gasteiger partial charge in [0.1, 0.15) is 0 Å². The lowest BCUT2D eigenvalue weighted by atomic mass is 10.0. The zero-order valence-electron chi connectivity index (χ0n) is 20.6. The van der Waals surface area contributed by atoms with Gasteiger partial charge in [0.2, 0.25) is 10.0 Å². The van der Waals surface area contributed by atoms with Crippen LogP contribution in [0, 0.1) is 29.2 Å². The second-order valence-corrected chi connectivity index (χ2v) is 12.0. The second-order valence-electron chi connectivity index (χ2n) is 9.09. The lowest BCUT2D eigenvalue weighted by molar-refractivity contribution is 0.141. The van der Waals surface area contributed by atoms with Gasteiger partial charge in [0.05, 0.1) is 15.9 Å². The summed E-state index contributed by atoms with van der Waals surface area (Å²) >= 11 is 0.915. The molecular formula is C25H29F4N3O3S2. The Morgan fingerprint density at radius 1 is 1.14 bits per heavy atom. The van der Waals surface area contributed by atoms with E-state index in [1.54, 1.807) is 10.6 Å². The van der Waals surface area contributed by atoms with Gasteiger partial charge < -0.3 is 9.30 Å². The van der Waals surface area contributed by atoms with Crippen molar-refractivity contribution in [3.05, 3.63) is 53.1 Å². The number of rotatable bonds is 10. The van der Waals surface area contributed by atoms with Crippen LogP contribution in [-0.2, 0) is 27.1 Å². The summed E-state index contributed by atoms with van der Waals surface area (Å²) in [6, 6.07) is 4.87. The van der Waals surface area contributed by atoms with Gasteiger partial charge >= 0.3 is 0 Å². The highest BCUT2D eigenvalue weighted by molar-refractivity contribution is 7.98.